The quantitative estimate of drug-likeness (QED) is 0.692. The van der Waals surface area contributed by atoms with E-state index in [0.29, 0.717) is 6.54 Å². The van der Waals surface area contributed by atoms with Gasteiger partial charge in [0.2, 0.25) is 0 Å². The normalized spacial score (nSPS) is 17.5. The number of rotatable bonds is 1. The molecule has 1 atom stereocenters. The van der Waals surface area contributed by atoms with Crippen LogP contribution in [0, 0.1) is 0 Å². The van der Waals surface area contributed by atoms with Crippen molar-refractivity contribution in [1.29, 1.82) is 0 Å². The second-order valence-corrected chi connectivity index (χ2v) is 5.62. The zero-order valence-corrected chi connectivity index (χ0v) is 12.1. The molecule has 1 N–H and O–H groups in total. The van der Waals surface area contributed by atoms with Crippen molar-refractivity contribution >= 4 is 27.2 Å². The van der Waals surface area contributed by atoms with Gasteiger partial charge >= 0.3 is 0 Å². The highest BCUT2D eigenvalue weighted by Crippen LogP contribution is 2.45. The molecule has 3 heteroatoms. The molecule has 0 bridgehead atoms. The van der Waals surface area contributed by atoms with Crippen molar-refractivity contribution in [3.05, 3.63) is 48.0 Å². The minimum absolute atomic E-state index is 0.461. The molecule has 0 aliphatic carbocycles. The van der Waals surface area contributed by atoms with Crippen LogP contribution in [0.15, 0.2) is 42.5 Å². The van der Waals surface area contributed by atoms with Gasteiger partial charge in [0.25, 0.3) is 0 Å². The molecular formula is C18H17NO2. The van der Waals surface area contributed by atoms with Crippen LogP contribution in [0.2, 0.25) is 0 Å². The molecule has 0 amide bonds. The van der Waals surface area contributed by atoms with Crippen LogP contribution in [0.3, 0.4) is 0 Å². The Morgan fingerprint density at radius 3 is 2.76 bits per heavy atom. The number of benzene rings is 3. The number of hydrogen-bond donors (Lipinski definition) is 1. The average Bonchev–Trinajstić information content (AvgIpc) is 2.51. The SMILES string of the molecule is COc1ccc2c3c(cc4ccccc4c13)N(C)CC2O. The second kappa shape index (κ2) is 4.37. The maximum atomic E-state index is 10.4. The zero-order chi connectivity index (χ0) is 14.6. The van der Waals surface area contributed by atoms with Crippen LogP contribution in [0.4, 0.5) is 5.69 Å². The van der Waals surface area contributed by atoms with Gasteiger partial charge < -0.3 is 14.7 Å². The van der Waals surface area contributed by atoms with E-state index in [0.717, 1.165) is 33.2 Å². The summed E-state index contributed by atoms with van der Waals surface area (Å²) in [5.41, 5.74) is 2.15. The monoisotopic (exact) mass is 279 g/mol. The lowest BCUT2D eigenvalue weighted by Gasteiger charge is -2.32. The van der Waals surface area contributed by atoms with Gasteiger partial charge in [-0.3, -0.25) is 0 Å². The predicted octanol–water partition coefficient (Wildman–Crippen LogP) is 3.48. The maximum absolute atomic E-state index is 10.4. The number of anilines is 1. The van der Waals surface area contributed by atoms with Crippen molar-refractivity contribution in [3.63, 3.8) is 0 Å². The fraction of sp³-hybridized carbons (Fsp3) is 0.222. The first kappa shape index (κ1) is 12.5. The van der Waals surface area contributed by atoms with E-state index >= 15 is 0 Å². The van der Waals surface area contributed by atoms with Crippen LogP contribution < -0.4 is 9.64 Å². The first-order valence-corrected chi connectivity index (χ1v) is 7.12. The van der Waals surface area contributed by atoms with Gasteiger partial charge in [0.1, 0.15) is 5.75 Å². The summed E-state index contributed by atoms with van der Waals surface area (Å²) in [5.74, 6) is 0.856. The Hall–Kier alpha value is -2.26. The standard InChI is InChI=1S/C18H17NO2/c1-19-10-15(20)13-7-8-16(21-2)18-12-6-4-3-5-11(12)9-14(19)17(13)18/h3-9,15,20H,10H2,1-2H3. The lowest BCUT2D eigenvalue weighted by molar-refractivity contribution is 0.184. The Balaban J connectivity index is 2.29. The third-order valence-corrected chi connectivity index (χ3v) is 4.41. The highest BCUT2D eigenvalue weighted by molar-refractivity contribution is 6.17. The number of β-amino-alcohol motifs (C(OH)–C–C–N with tert-alkyl or cyclic N) is 1. The summed E-state index contributed by atoms with van der Waals surface area (Å²) in [7, 11) is 3.72. The Morgan fingerprint density at radius 2 is 1.95 bits per heavy atom. The lowest BCUT2D eigenvalue weighted by atomic mass is 9.90. The third-order valence-electron chi connectivity index (χ3n) is 4.41. The minimum Gasteiger partial charge on any atom is -0.496 e. The van der Waals surface area contributed by atoms with E-state index < -0.39 is 6.10 Å². The van der Waals surface area contributed by atoms with Gasteiger partial charge in [-0.05, 0) is 28.5 Å². The van der Waals surface area contributed by atoms with Crippen molar-refractivity contribution in [1.82, 2.24) is 0 Å². The first-order chi connectivity index (χ1) is 10.2. The zero-order valence-electron chi connectivity index (χ0n) is 12.1. The largest absolute Gasteiger partial charge is 0.496 e. The number of aliphatic hydroxyl groups excluding tert-OH is 1. The van der Waals surface area contributed by atoms with Gasteiger partial charge in [0.15, 0.2) is 0 Å². The molecule has 1 heterocycles. The molecule has 3 aromatic carbocycles. The van der Waals surface area contributed by atoms with Crippen LogP contribution in [-0.4, -0.2) is 25.8 Å². The number of fused-ring (bicyclic) bond motifs is 2. The van der Waals surface area contributed by atoms with E-state index in [1.54, 1.807) is 7.11 Å². The summed E-state index contributed by atoms with van der Waals surface area (Å²) in [6.07, 6.45) is -0.461. The number of aliphatic hydroxyl groups is 1. The minimum atomic E-state index is -0.461. The Morgan fingerprint density at radius 1 is 1.14 bits per heavy atom. The Kier molecular flexibility index (Phi) is 2.59. The maximum Gasteiger partial charge on any atom is 0.127 e. The van der Waals surface area contributed by atoms with E-state index in [-0.39, 0.29) is 0 Å². The number of methoxy groups -OCH3 is 1. The molecular weight excluding hydrogens is 262 g/mol. The van der Waals surface area contributed by atoms with Crippen molar-refractivity contribution in [2.45, 2.75) is 6.10 Å². The van der Waals surface area contributed by atoms with Gasteiger partial charge in [-0.25, -0.2) is 0 Å². The van der Waals surface area contributed by atoms with Crippen LogP contribution >= 0.6 is 0 Å². The molecule has 3 nitrogen and oxygen atoms in total. The molecule has 0 saturated carbocycles. The summed E-state index contributed by atoms with van der Waals surface area (Å²) >= 11 is 0. The van der Waals surface area contributed by atoms with Gasteiger partial charge in [0.05, 0.1) is 13.2 Å². The number of ether oxygens (including phenoxy) is 1. The smallest absolute Gasteiger partial charge is 0.127 e. The van der Waals surface area contributed by atoms with Crippen LogP contribution in [0.5, 0.6) is 5.75 Å². The van der Waals surface area contributed by atoms with E-state index in [4.69, 9.17) is 4.74 Å². The molecule has 1 aliphatic heterocycles. The van der Waals surface area contributed by atoms with Crippen LogP contribution in [0.25, 0.3) is 21.5 Å². The highest BCUT2D eigenvalue weighted by atomic mass is 16.5. The van der Waals surface area contributed by atoms with Crippen LogP contribution in [0.1, 0.15) is 11.7 Å². The lowest BCUT2D eigenvalue weighted by Crippen LogP contribution is -2.28. The van der Waals surface area contributed by atoms with Gasteiger partial charge in [-0.1, -0.05) is 30.3 Å². The second-order valence-electron chi connectivity index (χ2n) is 5.62. The Bertz CT molecular complexity index is 857. The molecule has 106 valence electrons. The van der Waals surface area contributed by atoms with Crippen molar-refractivity contribution in [2.24, 2.45) is 0 Å². The first-order valence-electron chi connectivity index (χ1n) is 7.12. The third kappa shape index (κ3) is 1.64. The molecule has 0 radical (unpaired) electrons. The van der Waals surface area contributed by atoms with E-state index in [1.807, 2.05) is 25.2 Å². The summed E-state index contributed by atoms with van der Waals surface area (Å²) in [6.45, 7) is 0.618. The van der Waals surface area contributed by atoms with Crippen molar-refractivity contribution in [2.75, 3.05) is 25.6 Å². The fourth-order valence-corrected chi connectivity index (χ4v) is 3.42. The molecule has 0 fully saturated rings. The molecule has 21 heavy (non-hydrogen) atoms. The molecule has 0 aromatic heterocycles. The van der Waals surface area contributed by atoms with E-state index in [2.05, 4.69) is 29.2 Å². The number of nitrogens with zero attached hydrogens (tertiary/aromatic N) is 1. The molecule has 3 aromatic rings. The molecule has 1 aliphatic rings. The van der Waals surface area contributed by atoms with Gasteiger partial charge in [-0.15, -0.1) is 0 Å². The molecule has 0 saturated heterocycles. The summed E-state index contributed by atoms with van der Waals surface area (Å²) in [6, 6.07) is 14.5. The average molecular weight is 279 g/mol. The molecule has 4 rings (SSSR count). The molecule has 1 unspecified atom stereocenters. The topological polar surface area (TPSA) is 32.7 Å². The van der Waals surface area contributed by atoms with Crippen LogP contribution in [-0.2, 0) is 0 Å². The predicted molar refractivity (Wildman–Crippen MR) is 86.2 cm³/mol. The van der Waals surface area contributed by atoms with Gasteiger partial charge in [0, 0.05) is 30.1 Å². The molecule has 0 spiro atoms. The summed E-state index contributed by atoms with van der Waals surface area (Å²) in [4.78, 5) is 2.12. The highest BCUT2D eigenvalue weighted by Gasteiger charge is 2.25. The summed E-state index contributed by atoms with van der Waals surface area (Å²) in [5, 5.41) is 15.0. The van der Waals surface area contributed by atoms with Crippen molar-refractivity contribution < 1.29 is 9.84 Å². The fourth-order valence-electron chi connectivity index (χ4n) is 3.42. The van der Waals surface area contributed by atoms with E-state index in [1.165, 1.54) is 5.39 Å². The van der Waals surface area contributed by atoms with Crippen molar-refractivity contribution in [3.8, 4) is 5.75 Å². The van der Waals surface area contributed by atoms with E-state index in [9.17, 15) is 5.11 Å². The Labute approximate surface area is 123 Å². The van der Waals surface area contributed by atoms with Gasteiger partial charge in [-0.2, -0.15) is 0 Å². The number of likely N-dealkylation sites (N-methyl/N-ethyl adjacent to an activating group) is 1. The number of hydrogen-bond acceptors (Lipinski definition) is 3. The summed E-state index contributed by atoms with van der Waals surface area (Å²) < 4.78 is 5.58.